The normalized spacial score (nSPS) is 18.4. The fourth-order valence-electron chi connectivity index (χ4n) is 2.74. The van der Waals surface area contributed by atoms with Gasteiger partial charge in [0, 0.05) is 37.4 Å². The van der Waals surface area contributed by atoms with Crippen LogP contribution in [-0.4, -0.2) is 34.9 Å². The third-order valence-electron chi connectivity index (χ3n) is 3.95. The van der Waals surface area contributed by atoms with Crippen molar-refractivity contribution in [3.8, 4) is 0 Å². The number of hydrogen-bond donors (Lipinski definition) is 2. The molecule has 1 saturated heterocycles. The Bertz CT molecular complexity index is 627. The molecular formula is C16H20N4O2. The summed E-state index contributed by atoms with van der Waals surface area (Å²) in [5.74, 6) is 0.906. The average Bonchev–Trinajstić information content (AvgIpc) is 3.08. The summed E-state index contributed by atoms with van der Waals surface area (Å²) in [7, 11) is 0. The number of pyridine rings is 1. The predicted octanol–water partition coefficient (Wildman–Crippen LogP) is 1.65. The number of nitrogen functional groups attached to an aromatic ring is 1. The van der Waals surface area contributed by atoms with Crippen LogP contribution in [0.25, 0.3) is 0 Å². The van der Waals surface area contributed by atoms with E-state index in [0.717, 1.165) is 24.9 Å². The molecule has 3 N–H and O–H groups in total. The van der Waals surface area contributed by atoms with Crippen molar-refractivity contribution in [1.82, 2.24) is 15.2 Å². The average molecular weight is 300 g/mol. The lowest BCUT2D eigenvalue weighted by atomic mass is 10.0. The second kappa shape index (κ2) is 6.62. The number of nitrogens with one attached hydrogen (secondary N) is 1. The minimum absolute atomic E-state index is 0.0441. The van der Waals surface area contributed by atoms with Crippen LogP contribution in [0.4, 0.5) is 5.82 Å². The monoisotopic (exact) mass is 300 g/mol. The zero-order valence-electron chi connectivity index (χ0n) is 12.4. The summed E-state index contributed by atoms with van der Waals surface area (Å²) >= 11 is 0. The molecule has 22 heavy (non-hydrogen) atoms. The van der Waals surface area contributed by atoms with Crippen molar-refractivity contribution in [2.45, 2.75) is 25.4 Å². The van der Waals surface area contributed by atoms with Crippen LogP contribution in [-0.2, 0) is 6.54 Å². The number of furan rings is 1. The number of amides is 1. The van der Waals surface area contributed by atoms with Crippen LogP contribution in [0.5, 0.6) is 0 Å². The molecule has 0 aliphatic carbocycles. The Balaban J connectivity index is 1.57. The van der Waals surface area contributed by atoms with E-state index in [9.17, 15) is 4.79 Å². The number of anilines is 1. The van der Waals surface area contributed by atoms with Gasteiger partial charge in [-0.15, -0.1) is 0 Å². The topological polar surface area (TPSA) is 84.4 Å². The number of aromatic nitrogens is 1. The molecule has 0 spiro atoms. The Morgan fingerprint density at radius 3 is 3.14 bits per heavy atom. The van der Waals surface area contributed by atoms with E-state index < -0.39 is 0 Å². The highest BCUT2D eigenvalue weighted by Crippen LogP contribution is 2.15. The SMILES string of the molecule is Nc1ncccc1CNC1CCCN(C(=O)c2ccco2)C1. The van der Waals surface area contributed by atoms with Crippen LogP contribution >= 0.6 is 0 Å². The predicted molar refractivity (Wildman–Crippen MR) is 83.1 cm³/mol. The van der Waals surface area contributed by atoms with E-state index in [0.29, 0.717) is 24.7 Å². The summed E-state index contributed by atoms with van der Waals surface area (Å²) in [5, 5.41) is 3.46. The number of hydrogen-bond acceptors (Lipinski definition) is 5. The van der Waals surface area contributed by atoms with Crippen molar-refractivity contribution in [2.75, 3.05) is 18.8 Å². The second-order valence-electron chi connectivity index (χ2n) is 5.50. The number of likely N-dealkylation sites (tertiary alicyclic amines) is 1. The molecule has 0 saturated carbocycles. The van der Waals surface area contributed by atoms with E-state index >= 15 is 0 Å². The molecule has 0 aromatic carbocycles. The van der Waals surface area contributed by atoms with E-state index in [1.54, 1.807) is 18.3 Å². The quantitative estimate of drug-likeness (QED) is 0.897. The second-order valence-corrected chi connectivity index (χ2v) is 5.50. The number of carbonyl (C=O) groups excluding carboxylic acids is 1. The summed E-state index contributed by atoms with van der Waals surface area (Å²) in [5.41, 5.74) is 6.83. The molecule has 6 heteroatoms. The maximum Gasteiger partial charge on any atom is 0.289 e. The van der Waals surface area contributed by atoms with Gasteiger partial charge in [-0.3, -0.25) is 4.79 Å². The van der Waals surface area contributed by atoms with Crippen molar-refractivity contribution in [3.05, 3.63) is 48.0 Å². The molecule has 1 aliphatic heterocycles. The van der Waals surface area contributed by atoms with Crippen molar-refractivity contribution >= 4 is 11.7 Å². The Morgan fingerprint density at radius 2 is 2.36 bits per heavy atom. The molecule has 1 amide bonds. The van der Waals surface area contributed by atoms with Crippen LogP contribution in [0.15, 0.2) is 41.1 Å². The molecule has 1 unspecified atom stereocenters. The van der Waals surface area contributed by atoms with Crippen LogP contribution in [0, 0.1) is 0 Å². The van der Waals surface area contributed by atoms with Crippen LogP contribution in [0.3, 0.4) is 0 Å². The number of rotatable bonds is 4. The molecular weight excluding hydrogens is 280 g/mol. The van der Waals surface area contributed by atoms with E-state index in [1.165, 1.54) is 6.26 Å². The first-order valence-electron chi connectivity index (χ1n) is 7.49. The van der Waals surface area contributed by atoms with Crippen molar-refractivity contribution in [3.63, 3.8) is 0 Å². The fraction of sp³-hybridized carbons (Fsp3) is 0.375. The van der Waals surface area contributed by atoms with Gasteiger partial charge in [-0.1, -0.05) is 6.07 Å². The third-order valence-corrected chi connectivity index (χ3v) is 3.95. The summed E-state index contributed by atoms with van der Waals surface area (Å²) in [6.07, 6.45) is 5.23. The zero-order valence-corrected chi connectivity index (χ0v) is 12.4. The van der Waals surface area contributed by atoms with E-state index in [1.807, 2.05) is 17.0 Å². The van der Waals surface area contributed by atoms with Gasteiger partial charge < -0.3 is 20.4 Å². The summed E-state index contributed by atoms with van der Waals surface area (Å²) in [6.45, 7) is 2.11. The molecule has 1 atom stereocenters. The molecule has 116 valence electrons. The zero-order chi connectivity index (χ0) is 15.4. The van der Waals surface area contributed by atoms with Crippen LogP contribution in [0.1, 0.15) is 29.0 Å². The van der Waals surface area contributed by atoms with Crippen molar-refractivity contribution < 1.29 is 9.21 Å². The van der Waals surface area contributed by atoms with Crippen molar-refractivity contribution in [2.24, 2.45) is 0 Å². The highest BCUT2D eigenvalue weighted by Gasteiger charge is 2.25. The fourth-order valence-corrected chi connectivity index (χ4v) is 2.74. The summed E-state index contributed by atoms with van der Waals surface area (Å²) in [6, 6.07) is 7.53. The van der Waals surface area contributed by atoms with Gasteiger partial charge in [-0.2, -0.15) is 0 Å². The lowest BCUT2D eigenvalue weighted by Crippen LogP contribution is -2.47. The minimum atomic E-state index is -0.0441. The minimum Gasteiger partial charge on any atom is -0.459 e. The van der Waals surface area contributed by atoms with Gasteiger partial charge in [-0.05, 0) is 31.0 Å². The molecule has 6 nitrogen and oxygen atoms in total. The molecule has 2 aromatic heterocycles. The number of nitrogens with two attached hydrogens (primary N) is 1. The van der Waals surface area contributed by atoms with E-state index in [-0.39, 0.29) is 11.9 Å². The van der Waals surface area contributed by atoms with Crippen molar-refractivity contribution in [1.29, 1.82) is 0 Å². The molecule has 3 heterocycles. The smallest absolute Gasteiger partial charge is 0.289 e. The van der Waals surface area contributed by atoms with Gasteiger partial charge in [-0.25, -0.2) is 4.98 Å². The highest BCUT2D eigenvalue weighted by atomic mass is 16.3. The molecule has 3 rings (SSSR count). The van der Waals surface area contributed by atoms with Gasteiger partial charge >= 0.3 is 0 Å². The summed E-state index contributed by atoms with van der Waals surface area (Å²) < 4.78 is 5.19. The Morgan fingerprint density at radius 1 is 1.45 bits per heavy atom. The summed E-state index contributed by atoms with van der Waals surface area (Å²) in [4.78, 5) is 18.2. The first kappa shape index (κ1) is 14.6. The number of piperidine rings is 1. The lowest BCUT2D eigenvalue weighted by Gasteiger charge is -2.32. The Labute approximate surface area is 129 Å². The molecule has 1 fully saturated rings. The van der Waals surface area contributed by atoms with Gasteiger partial charge in [0.25, 0.3) is 5.91 Å². The van der Waals surface area contributed by atoms with Gasteiger partial charge in [0.15, 0.2) is 5.76 Å². The van der Waals surface area contributed by atoms with Crippen LogP contribution in [0.2, 0.25) is 0 Å². The van der Waals surface area contributed by atoms with E-state index in [2.05, 4.69) is 10.3 Å². The molecule has 2 aromatic rings. The van der Waals surface area contributed by atoms with Crippen LogP contribution < -0.4 is 11.1 Å². The number of nitrogens with zero attached hydrogens (tertiary/aromatic N) is 2. The standard InChI is InChI=1S/C16H20N4O2/c17-15-12(4-1-7-18-15)10-19-13-5-2-8-20(11-13)16(21)14-6-3-9-22-14/h1,3-4,6-7,9,13,19H,2,5,8,10-11H2,(H2,17,18). The molecule has 0 radical (unpaired) electrons. The van der Waals surface area contributed by atoms with Gasteiger partial charge in [0.1, 0.15) is 5.82 Å². The number of carbonyl (C=O) groups is 1. The lowest BCUT2D eigenvalue weighted by molar-refractivity contribution is 0.0662. The van der Waals surface area contributed by atoms with Gasteiger partial charge in [0.05, 0.1) is 6.26 Å². The first-order chi connectivity index (χ1) is 10.7. The third kappa shape index (κ3) is 3.28. The largest absolute Gasteiger partial charge is 0.459 e. The van der Waals surface area contributed by atoms with E-state index in [4.69, 9.17) is 10.2 Å². The Hall–Kier alpha value is -2.34. The Kier molecular flexibility index (Phi) is 4.39. The molecule has 0 bridgehead atoms. The maximum atomic E-state index is 12.3. The maximum absolute atomic E-state index is 12.3. The first-order valence-corrected chi connectivity index (χ1v) is 7.49. The van der Waals surface area contributed by atoms with Gasteiger partial charge in [0.2, 0.25) is 0 Å². The molecule has 1 aliphatic rings. The highest BCUT2D eigenvalue weighted by molar-refractivity contribution is 5.91.